The van der Waals surface area contributed by atoms with Gasteiger partial charge in [-0.2, -0.15) is 0 Å². The molecular weight excluding hydrogens is 292 g/mol. The third-order valence-corrected chi connectivity index (χ3v) is 4.27. The van der Waals surface area contributed by atoms with E-state index < -0.39 is 0 Å². The SMILES string of the molecule is COC(=O)CCC(=O)N1CCCN(Cc2ccccc2)C[C@@H]1C. The number of esters is 1. The molecule has 1 aromatic rings. The second kappa shape index (κ2) is 8.67. The maximum absolute atomic E-state index is 12.3. The number of carbonyl (C=O) groups excluding carboxylic acids is 2. The summed E-state index contributed by atoms with van der Waals surface area (Å²) in [4.78, 5) is 27.9. The smallest absolute Gasteiger partial charge is 0.306 e. The number of hydrogen-bond acceptors (Lipinski definition) is 4. The van der Waals surface area contributed by atoms with E-state index in [-0.39, 0.29) is 30.8 Å². The monoisotopic (exact) mass is 318 g/mol. The number of carbonyl (C=O) groups is 2. The fourth-order valence-electron chi connectivity index (χ4n) is 3.06. The van der Waals surface area contributed by atoms with Crippen molar-refractivity contribution in [1.82, 2.24) is 9.80 Å². The van der Waals surface area contributed by atoms with Crippen molar-refractivity contribution in [2.24, 2.45) is 0 Å². The highest BCUT2D eigenvalue weighted by atomic mass is 16.5. The van der Waals surface area contributed by atoms with Crippen LogP contribution in [0, 0.1) is 0 Å². The van der Waals surface area contributed by atoms with Crippen LogP contribution >= 0.6 is 0 Å². The molecule has 23 heavy (non-hydrogen) atoms. The highest BCUT2D eigenvalue weighted by Crippen LogP contribution is 2.15. The van der Waals surface area contributed by atoms with E-state index in [9.17, 15) is 9.59 Å². The Morgan fingerprint density at radius 2 is 1.91 bits per heavy atom. The first-order valence-electron chi connectivity index (χ1n) is 8.22. The molecule has 0 unspecified atom stereocenters. The molecule has 1 aliphatic rings. The third kappa shape index (κ3) is 5.36. The molecule has 2 rings (SSSR count). The Kier molecular flexibility index (Phi) is 6.59. The molecule has 5 heteroatoms. The molecule has 0 radical (unpaired) electrons. The van der Waals surface area contributed by atoms with Crippen molar-refractivity contribution in [3.63, 3.8) is 0 Å². The lowest BCUT2D eigenvalue weighted by Gasteiger charge is -2.29. The van der Waals surface area contributed by atoms with E-state index in [1.807, 2.05) is 11.0 Å². The lowest BCUT2D eigenvalue weighted by molar-refractivity contribution is -0.144. The number of benzene rings is 1. The summed E-state index contributed by atoms with van der Waals surface area (Å²) in [5.74, 6) is -0.281. The van der Waals surface area contributed by atoms with Gasteiger partial charge in [0, 0.05) is 38.6 Å². The minimum absolute atomic E-state index is 0.0458. The van der Waals surface area contributed by atoms with E-state index >= 15 is 0 Å². The van der Waals surface area contributed by atoms with Gasteiger partial charge in [-0.1, -0.05) is 30.3 Å². The van der Waals surface area contributed by atoms with E-state index in [1.54, 1.807) is 0 Å². The Morgan fingerprint density at radius 3 is 2.61 bits per heavy atom. The predicted octanol–water partition coefficient (Wildman–Crippen LogP) is 2.06. The normalized spacial score (nSPS) is 19.2. The van der Waals surface area contributed by atoms with Gasteiger partial charge in [0.15, 0.2) is 0 Å². The highest BCUT2D eigenvalue weighted by Gasteiger charge is 2.25. The number of hydrogen-bond donors (Lipinski definition) is 0. The Bertz CT molecular complexity index is 518. The van der Waals surface area contributed by atoms with Gasteiger partial charge in [0.1, 0.15) is 0 Å². The van der Waals surface area contributed by atoms with Gasteiger partial charge in [-0.15, -0.1) is 0 Å². The van der Waals surface area contributed by atoms with Crippen molar-refractivity contribution in [2.75, 3.05) is 26.7 Å². The average Bonchev–Trinajstić information content (AvgIpc) is 2.74. The summed E-state index contributed by atoms with van der Waals surface area (Å²) >= 11 is 0. The fourth-order valence-corrected chi connectivity index (χ4v) is 3.06. The summed E-state index contributed by atoms with van der Waals surface area (Å²) in [7, 11) is 1.35. The topological polar surface area (TPSA) is 49.9 Å². The maximum Gasteiger partial charge on any atom is 0.306 e. The third-order valence-electron chi connectivity index (χ3n) is 4.27. The molecule has 1 heterocycles. The Hall–Kier alpha value is -1.88. The van der Waals surface area contributed by atoms with Gasteiger partial charge >= 0.3 is 5.97 Å². The molecule has 0 aromatic heterocycles. The molecule has 1 saturated heterocycles. The van der Waals surface area contributed by atoms with E-state index in [0.717, 1.165) is 32.6 Å². The molecule has 5 nitrogen and oxygen atoms in total. The molecule has 1 aliphatic heterocycles. The van der Waals surface area contributed by atoms with Crippen LogP contribution in [0.15, 0.2) is 30.3 Å². The molecule has 0 aliphatic carbocycles. The van der Waals surface area contributed by atoms with Crippen molar-refractivity contribution >= 4 is 11.9 Å². The molecule has 1 atom stereocenters. The summed E-state index contributed by atoms with van der Waals surface area (Å²) < 4.78 is 4.61. The van der Waals surface area contributed by atoms with Crippen LogP contribution in [-0.4, -0.2) is 54.5 Å². The molecule has 1 aromatic carbocycles. The number of ether oxygens (including phenoxy) is 1. The van der Waals surface area contributed by atoms with Crippen LogP contribution in [0.25, 0.3) is 0 Å². The van der Waals surface area contributed by atoms with E-state index in [4.69, 9.17) is 0 Å². The van der Waals surface area contributed by atoms with Gasteiger partial charge in [0.2, 0.25) is 5.91 Å². The van der Waals surface area contributed by atoms with Crippen LogP contribution in [0.4, 0.5) is 0 Å². The first-order valence-corrected chi connectivity index (χ1v) is 8.22. The van der Waals surface area contributed by atoms with Crippen molar-refractivity contribution in [1.29, 1.82) is 0 Å². The number of amides is 1. The Labute approximate surface area is 138 Å². The van der Waals surface area contributed by atoms with Gasteiger partial charge in [0.05, 0.1) is 13.5 Å². The lowest BCUT2D eigenvalue weighted by Crippen LogP contribution is -2.42. The highest BCUT2D eigenvalue weighted by molar-refractivity contribution is 5.81. The average molecular weight is 318 g/mol. The van der Waals surface area contributed by atoms with Crippen LogP contribution < -0.4 is 0 Å². The number of rotatable bonds is 5. The first-order chi connectivity index (χ1) is 11.1. The quantitative estimate of drug-likeness (QED) is 0.780. The van der Waals surface area contributed by atoms with E-state index in [1.165, 1.54) is 12.7 Å². The standard InChI is InChI=1S/C18H26N2O3/c1-15-13-19(14-16-7-4-3-5-8-16)11-6-12-20(15)17(21)9-10-18(22)23-2/h3-5,7-8,15H,6,9-14H2,1-2H3/t15-/m0/s1. The van der Waals surface area contributed by atoms with Crippen molar-refractivity contribution in [3.8, 4) is 0 Å². The summed E-state index contributed by atoms with van der Waals surface area (Å²) in [6, 6.07) is 10.6. The Balaban J connectivity index is 1.88. The molecule has 0 spiro atoms. The molecule has 1 fully saturated rings. The minimum atomic E-state index is -0.327. The van der Waals surface area contributed by atoms with Gasteiger partial charge in [-0.3, -0.25) is 14.5 Å². The second-order valence-electron chi connectivity index (χ2n) is 6.09. The summed E-state index contributed by atoms with van der Waals surface area (Å²) in [5.41, 5.74) is 1.30. The molecule has 0 saturated carbocycles. The van der Waals surface area contributed by atoms with Crippen LogP contribution in [0.1, 0.15) is 31.7 Å². The second-order valence-corrected chi connectivity index (χ2v) is 6.09. The zero-order chi connectivity index (χ0) is 16.7. The molecule has 0 bridgehead atoms. The number of methoxy groups -OCH3 is 1. The fraction of sp³-hybridized carbons (Fsp3) is 0.556. The van der Waals surface area contributed by atoms with Crippen LogP contribution in [0.2, 0.25) is 0 Å². The summed E-state index contributed by atoms with van der Waals surface area (Å²) in [5, 5.41) is 0. The van der Waals surface area contributed by atoms with Crippen LogP contribution in [-0.2, 0) is 20.9 Å². The maximum atomic E-state index is 12.3. The van der Waals surface area contributed by atoms with E-state index in [2.05, 4.69) is 40.8 Å². The van der Waals surface area contributed by atoms with Gasteiger partial charge < -0.3 is 9.64 Å². The van der Waals surface area contributed by atoms with Gasteiger partial charge in [-0.05, 0) is 18.9 Å². The molecular formula is C18H26N2O3. The zero-order valence-corrected chi connectivity index (χ0v) is 14.0. The predicted molar refractivity (Wildman–Crippen MR) is 88.8 cm³/mol. The van der Waals surface area contributed by atoms with Crippen LogP contribution in [0.3, 0.4) is 0 Å². The lowest BCUT2D eigenvalue weighted by atomic mass is 10.2. The summed E-state index contributed by atoms with van der Waals surface area (Å²) in [6.45, 7) is 5.60. The largest absolute Gasteiger partial charge is 0.469 e. The van der Waals surface area contributed by atoms with Crippen LogP contribution in [0.5, 0.6) is 0 Å². The van der Waals surface area contributed by atoms with Crippen molar-refractivity contribution < 1.29 is 14.3 Å². The Morgan fingerprint density at radius 1 is 1.17 bits per heavy atom. The first kappa shape index (κ1) is 17.5. The van der Waals surface area contributed by atoms with Gasteiger partial charge in [0.25, 0.3) is 0 Å². The van der Waals surface area contributed by atoms with E-state index in [0.29, 0.717) is 0 Å². The van der Waals surface area contributed by atoms with Crippen molar-refractivity contribution in [2.45, 2.75) is 38.8 Å². The number of nitrogens with zero attached hydrogens (tertiary/aromatic N) is 2. The zero-order valence-electron chi connectivity index (χ0n) is 14.0. The summed E-state index contributed by atoms with van der Waals surface area (Å²) in [6.07, 6.45) is 1.35. The minimum Gasteiger partial charge on any atom is -0.469 e. The molecule has 1 amide bonds. The molecule has 126 valence electrons. The molecule has 0 N–H and O–H groups in total. The van der Waals surface area contributed by atoms with Crippen molar-refractivity contribution in [3.05, 3.63) is 35.9 Å². The van der Waals surface area contributed by atoms with Gasteiger partial charge in [-0.25, -0.2) is 0 Å².